The lowest BCUT2D eigenvalue weighted by atomic mass is 9.90. The molecule has 1 aliphatic rings. The molecule has 0 saturated heterocycles. The van der Waals surface area contributed by atoms with Crippen molar-refractivity contribution in [3.63, 3.8) is 0 Å². The number of allylic oxidation sites excluding steroid dienone is 1. The Kier molecular flexibility index (Phi) is 4.41. The van der Waals surface area contributed by atoms with E-state index >= 15 is 0 Å². The van der Waals surface area contributed by atoms with Crippen LogP contribution in [0.15, 0.2) is 121 Å². The third-order valence-electron chi connectivity index (χ3n) is 8.02. The minimum absolute atomic E-state index is 1.10. The van der Waals surface area contributed by atoms with E-state index in [1.165, 1.54) is 71.3 Å². The van der Waals surface area contributed by atoms with E-state index in [1.54, 1.807) is 0 Å². The molecule has 0 aliphatic heterocycles. The molecule has 37 heavy (non-hydrogen) atoms. The number of para-hydroxylation sites is 1. The van der Waals surface area contributed by atoms with Crippen molar-refractivity contribution in [2.45, 2.75) is 12.8 Å². The Morgan fingerprint density at radius 2 is 1.32 bits per heavy atom. The van der Waals surface area contributed by atoms with Crippen molar-refractivity contribution in [1.82, 2.24) is 4.57 Å². The third kappa shape index (κ3) is 3.04. The quantitative estimate of drug-likeness (QED) is 0.175. The van der Waals surface area contributed by atoms with E-state index < -0.39 is 0 Å². The first-order valence-corrected chi connectivity index (χ1v) is 13.1. The molecule has 0 atom stereocenters. The topological polar surface area (TPSA) is 4.93 Å². The van der Waals surface area contributed by atoms with Crippen LogP contribution in [0.4, 0.5) is 0 Å². The number of aromatic nitrogens is 1. The highest BCUT2D eigenvalue weighted by Gasteiger charge is 2.19. The van der Waals surface area contributed by atoms with Gasteiger partial charge in [0.1, 0.15) is 0 Å². The summed E-state index contributed by atoms with van der Waals surface area (Å²) in [4.78, 5) is 0. The zero-order valence-corrected chi connectivity index (χ0v) is 20.5. The monoisotopic (exact) mass is 471 g/mol. The van der Waals surface area contributed by atoms with Crippen LogP contribution in [0.2, 0.25) is 0 Å². The predicted molar refractivity (Wildman–Crippen MR) is 159 cm³/mol. The van der Waals surface area contributed by atoms with Crippen LogP contribution in [-0.4, -0.2) is 4.57 Å². The summed E-state index contributed by atoms with van der Waals surface area (Å²) in [5.41, 5.74) is 7.87. The van der Waals surface area contributed by atoms with Gasteiger partial charge in [-0.1, -0.05) is 97.1 Å². The van der Waals surface area contributed by atoms with Gasteiger partial charge in [-0.15, -0.1) is 0 Å². The Labute approximate surface area is 215 Å². The second-order valence-corrected chi connectivity index (χ2v) is 10.1. The molecule has 1 aromatic heterocycles. The maximum absolute atomic E-state index is 2.46. The number of fused-ring (bicyclic) bond motifs is 7. The van der Waals surface area contributed by atoms with Crippen molar-refractivity contribution in [3.05, 3.63) is 133 Å². The molecule has 8 rings (SSSR count). The molecule has 7 aromatic rings. The van der Waals surface area contributed by atoms with E-state index in [2.05, 4.69) is 132 Å². The SMILES string of the molecule is C1=Cc2c(c3ccccc3n2-c2ccc3ccc4c(-c5ccccc5)c5ccccc5cc4c3c2)CC1. The van der Waals surface area contributed by atoms with E-state index in [0.29, 0.717) is 0 Å². The normalized spacial score (nSPS) is 13.1. The maximum atomic E-state index is 2.46. The van der Waals surface area contributed by atoms with Crippen LogP contribution in [0.3, 0.4) is 0 Å². The summed E-state index contributed by atoms with van der Waals surface area (Å²) in [6.07, 6.45) is 6.83. The number of nitrogens with zero attached hydrogens (tertiary/aromatic N) is 1. The van der Waals surface area contributed by atoms with Gasteiger partial charge in [-0.2, -0.15) is 0 Å². The molecule has 174 valence electrons. The molecule has 1 nitrogen and oxygen atoms in total. The number of hydrogen-bond acceptors (Lipinski definition) is 0. The average Bonchev–Trinajstić information content (AvgIpc) is 3.30. The van der Waals surface area contributed by atoms with Crippen molar-refractivity contribution >= 4 is 49.3 Å². The highest BCUT2D eigenvalue weighted by Crippen LogP contribution is 2.40. The molecule has 0 radical (unpaired) electrons. The minimum atomic E-state index is 1.10. The van der Waals surface area contributed by atoms with E-state index in [-0.39, 0.29) is 0 Å². The molecule has 1 heteroatoms. The molecule has 0 saturated carbocycles. The molecule has 0 fully saturated rings. The Balaban J connectivity index is 1.48. The van der Waals surface area contributed by atoms with Crippen molar-refractivity contribution in [2.24, 2.45) is 0 Å². The molecule has 0 bridgehead atoms. The first-order chi connectivity index (χ1) is 18.4. The summed E-state index contributed by atoms with van der Waals surface area (Å²) in [5, 5.41) is 9.12. The van der Waals surface area contributed by atoms with Gasteiger partial charge in [-0.25, -0.2) is 0 Å². The van der Waals surface area contributed by atoms with Gasteiger partial charge in [-0.3, -0.25) is 0 Å². The largest absolute Gasteiger partial charge is 0.310 e. The van der Waals surface area contributed by atoms with Crippen LogP contribution >= 0.6 is 0 Å². The van der Waals surface area contributed by atoms with Gasteiger partial charge < -0.3 is 4.57 Å². The summed E-state index contributed by atoms with van der Waals surface area (Å²) in [5.74, 6) is 0. The second kappa shape index (κ2) is 7.94. The van der Waals surface area contributed by atoms with Gasteiger partial charge in [0, 0.05) is 16.8 Å². The minimum Gasteiger partial charge on any atom is -0.310 e. The third-order valence-corrected chi connectivity index (χ3v) is 8.02. The molecule has 0 N–H and O–H groups in total. The van der Waals surface area contributed by atoms with Crippen LogP contribution in [0.1, 0.15) is 17.7 Å². The molecular formula is C36H25N. The molecular weight excluding hydrogens is 446 g/mol. The number of rotatable bonds is 2. The molecule has 0 amide bonds. The number of benzene rings is 6. The smallest absolute Gasteiger partial charge is 0.0537 e. The number of hydrogen-bond donors (Lipinski definition) is 0. The first kappa shape index (κ1) is 20.6. The highest BCUT2D eigenvalue weighted by atomic mass is 15.0. The van der Waals surface area contributed by atoms with Crippen LogP contribution in [-0.2, 0) is 6.42 Å². The van der Waals surface area contributed by atoms with E-state index in [9.17, 15) is 0 Å². The van der Waals surface area contributed by atoms with E-state index in [0.717, 1.165) is 12.8 Å². The lowest BCUT2D eigenvalue weighted by Gasteiger charge is -2.16. The van der Waals surface area contributed by atoms with Gasteiger partial charge in [0.15, 0.2) is 0 Å². The Hall–Kier alpha value is -4.62. The van der Waals surface area contributed by atoms with Gasteiger partial charge in [0.05, 0.1) is 5.52 Å². The Bertz CT molecular complexity index is 2020. The predicted octanol–water partition coefficient (Wildman–Crippen LogP) is 9.72. The van der Waals surface area contributed by atoms with Crippen LogP contribution in [0, 0.1) is 0 Å². The lowest BCUT2D eigenvalue weighted by molar-refractivity contribution is 0.968. The van der Waals surface area contributed by atoms with E-state index in [4.69, 9.17) is 0 Å². The Morgan fingerprint density at radius 1 is 0.541 bits per heavy atom. The summed E-state index contributed by atoms with van der Waals surface area (Å²) in [6, 6.07) is 42.4. The van der Waals surface area contributed by atoms with Crippen molar-refractivity contribution in [2.75, 3.05) is 0 Å². The first-order valence-electron chi connectivity index (χ1n) is 13.1. The zero-order chi connectivity index (χ0) is 24.3. The molecule has 1 heterocycles. The van der Waals surface area contributed by atoms with Crippen LogP contribution in [0.5, 0.6) is 0 Å². The maximum Gasteiger partial charge on any atom is 0.0537 e. The molecule has 1 aliphatic carbocycles. The fourth-order valence-electron chi connectivity index (χ4n) is 6.38. The van der Waals surface area contributed by atoms with Crippen molar-refractivity contribution in [1.29, 1.82) is 0 Å². The molecule has 6 aromatic carbocycles. The van der Waals surface area contributed by atoms with Gasteiger partial charge in [0.25, 0.3) is 0 Å². The van der Waals surface area contributed by atoms with Gasteiger partial charge in [0.2, 0.25) is 0 Å². The summed E-state index contributed by atoms with van der Waals surface area (Å²) in [6.45, 7) is 0. The average molecular weight is 472 g/mol. The zero-order valence-electron chi connectivity index (χ0n) is 20.5. The summed E-state index contributed by atoms with van der Waals surface area (Å²) in [7, 11) is 0. The van der Waals surface area contributed by atoms with Gasteiger partial charge in [-0.05, 0) is 92.2 Å². The van der Waals surface area contributed by atoms with E-state index in [1.807, 2.05) is 0 Å². The summed E-state index contributed by atoms with van der Waals surface area (Å²) < 4.78 is 2.46. The van der Waals surface area contributed by atoms with Crippen molar-refractivity contribution < 1.29 is 0 Å². The number of aryl methyl sites for hydroxylation is 1. The molecule has 0 unspecified atom stereocenters. The standard InChI is InChI=1S/C36H25N/c1-2-10-25(11-3-1)36-28-13-5-4-12-26(28)22-33-31(36)21-19-24-18-20-27(23-32(24)33)37-34-16-8-6-14-29(34)30-15-7-9-17-35(30)37/h1-6,8-14,16-23H,7,15H2. The molecule has 0 spiro atoms. The summed E-state index contributed by atoms with van der Waals surface area (Å²) >= 11 is 0. The highest BCUT2D eigenvalue weighted by molar-refractivity contribution is 6.20. The lowest BCUT2D eigenvalue weighted by Crippen LogP contribution is -2.00. The Morgan fingerprint density at radius 3 is 2.24 bits per heavy atom. The second-order valence-electron chi connectivity index (χ2n) is 10.1. The van der Waals surface area contributed by atoms with Crippen LogP contribution in [0.25, 0.3) is 66.1 Å². The van der Waals surface area contributed by atoms with Crippen molar-refractivity contribution in [3.8, 4) is 16.8 Å². The fraction of sp³-hybridized carbons (Fsp3) is 0.0556. The fourth-order valence-corrected chi connectivity index (χ4v) is 6.38. The van der Waals surface area contributed by atoms with Crippen LogP contribution < -0.4 is 0 Å². The van der Waals surface area contributed by atoms with Gasteiger partial charge >= 0.3 is 0 Å².